The molecule has 0 aliphatic carbocycles. The number of carbonyl (C=O) groups excluding carboxylic acids is 2. The average Bonchev–Trinajstić information content (AvgIpc) is 2.39. The van der Waals surface area contributed by atoms with E-state index in [4.69, 9.17) is 4.74 Å². The van der Waals surface area contributed by atoms with Gasteiger partial charge in [-0.1, -0.05) is 17.7 Å². The number of carbonyl (C=O) groups is 2. The van der Waals surface area contributed by atoms with Gasteiger partial charge >= 0.3 is 6.09 Å². The molecule has 1 amide bonds. The number of aryl methyl sites for hydroxylation is 3. The van der Waals surface area contributed by atoms with Crippen molar-refractivity contribution in [3.63, 3.8) is 0 Å². The van der Waals surface area contributed by atoms with Crippen LogP contribution in [0.5, 0.6) is 0 Å². The molecule has 0 radical (unpaired) electrons. The Morgan fingerprint density at radius 3 is 2.00 bits per heavy atom. The molecule has 0 N–H and O–H groups in total. The van der Waals surface area contributed by atoms with Crippen molar-refractivity contribution in [1.29, 1.82) is 0 Å². The Labute approximate surface area is 139 Å². The predicted octanol–water partition coefficient (Wildman–Crippen LogP) is 3.98. The first-order chi connectivity index (χ1) is 10.4. The Bertz CT molecular complexity index is 578. The van der Waals surface area contributed by atoms with Gasteiger partial charge in [-0.3, -0.25) is 4.90 Å². The van der Waals surface area contributed by atoms with Gasteiger partial charge in [0, 0.05) is 13.5 Å². The van der Waals surface area contributed by atoms with Crippen LogP contribution in [0.1, 0.15) is 49.9 Å². The lowest BCUT2D eigenvalue weighted by molar-refractivity contribution is -0.117. The van der Waals surface area contributed by atoms with Crippen molar-refractivity contribution in [1.82, 2.24) is 4.90 Å². The molecule has 0 saturated heterocycles. The molecule has 1 atom stereocenters. The molecule has 1 aromatic carbocycles. The van der Waals surface area contributed by atoms with Crippen LogP contribution in [0.4, 0.5) is 4.79 Å². The molecule has 0 heterocycles. The van der Waals surface area contributed by atoms with Gasteiger partial charge in [-0.05, 0) is 65.2 Å². The van der Waals surface area contributed by atoms with Gasteiger partial charge in [0.2, 0.25) is 0 Å². The summed E-state index contributed by atoms with van der Waals surface area (Å²) in [6.07, 6.45) is 0.800. The van der Waals surface area contributed by atoms with E-state index in [9.17, 15) is 9.59 Å². The molecule has 4 nitrogen and oxygen atoms in total. The molecule has 0 aromatic heterocycles. The molecule has 1 rings (SSSR count). The number of likely N-dealkylation sites (N-methyl/N-ethyl adjacent to an activating group) is 1. The molecule has 0 bridgehead atoms. The van der Waals surface area contributed by atoms with E-state index in [-0.39, 0.29) is 0 Å². The molecule has 1 unspecified atom stereocenters. The van der Waals surface area contributed by atoms with E-state index in [1.165, 1.54) is 10.5 Å². The molecule has 0 aliphatic rings. The highest BCUT2D eigenvalue weighted by Crippen LogP contribution is 2.25. The predicted molar refractivity (Wildman–Crippen MR) is 92.8 cm³/mol. The van der Waals surface area contributed by atoms with E-state index < -0.39 is 17.2 Å². The van der Waals surface area contributed by atoms with Crippen molar-refractivity contribution in [2.45, 2.75) is 66.0 Å². The molecular weight excluding hydrogens is 290 g/mol. The topological polar surface area (TPSA) is 46.6 Å². The highest BCUT2D eigenvalue weighted by molar-refractivity contribution is 5.76. The van der Waals surface area contributed by atoms with Gasteiger partial charge in [-0.15, -0.1) is 0 Å². The Morgan fingerprint density at radius 2 is 1.61 bits per heavy atom. The van der Waals surface area contributed by atoms with Crippen LogP contribution in [0.25, 0.3) is 0 Å². The Balaban J connectivity index is 3.11. The monoisotopic (exact) mass is 319 g/mol. The van der Waals surface area contributed by atoms with Crippen molar-refractivity contribution >= 4 is 12.4 Å². The fourth-order valence-corrected chi connectivity index (χ4v) is 2.62. The SMILES string of the molecule is Cc1cc(C)c(CC(C)(C=O)N(C)C(=O)OC(C)(C)C)c(C)c1. The van der Waals surface area contributed by atoms with E-state index in [1.807, 2.05) is 34.6 Å². The Morgan fingerprint density at radius 1 is 1.13 bits per heavy atom. The molecule has 0 fully saturated rings. The summed E-state index contributed by atoms with van der Waals surface area (Å²) in [6.45, 7) is 13.3. The van der Waals surface area contributed by atoms with Crippen LogP contribution in [-0.2, 0) is 16.0 Å². The van der Waals surface area contributed by atoms with Crippen LogP contribution in [0.15, 0.2) is 12.1 Å². The number of hydrogen-bond donors (Lipinski definition) is 0. The third-order valence-electron chi connectivity index (χ3n) is 4.06. The fraction of sp³-hybridized carbons (Fsp3) is 0.579. The van der Waals surface area contributed by atoms with Crippen molar-refractivity contribution < 1.29 is 14.3 Å². The van der Waals surface area contributed by atoms with E-state index in [0.29, 0.717) is 6.42 Å². The van der Waals surface area contributed by atoms with Crippen LogP contribution < -0.4 is 0 Å². The molecule has 0 saturated carbocycles. The van der Waals surface area contributed by atoms with Gasteiger partial charge < -0.3 is 9.53 Å². The summed E-state index contributed by atoms with van der Waals surface area (Å²) >= 11 is 0. The lowest BCUT2D eigenvalue weighted by Gasteiger charge is -2.36. The van der Waals surface area contributed by atoms with Crippen LogP contribution in [0.2, 0.25) is 0 Å². The van der Waals surface area contributed by atoms with Gasteiger partial charge in [-0.25, -0.2) is 4.79 Å². The summed E-state index contributed by atoms with van der Waals surface area (Å²) in [7, 11) is 1.61. The first kappa shape index (κ1) is 19.2. The standard InChI is InChI=1S/C19H29NO3/c1-13-9-14(2)16(15(3)10-13)11-19(7,12-21)20(8)17(22)23-18(4,5)6/h9-10,12H,11H2,1-8H3. The number of ether oxygens (including phenoxy) is 1. The van der Waals surface area contributed by atoms with Gasteiger partial charge in [0.25, 0.3) is 0 Å². The van der Waals surface area contributed by atoms with E-state index in [0.717, 1.165) is 23.0 Å². The molecule has 0 spiro atoms. The van der Waals surface area contributed by atoms with E-state index in [2.05, 4.69) is 19.1 Å². The summed E-state index contributed by atoms with van der Waals surface area (Å²) in [5, 5.41) is 0. The van der Waals surface area contributed by atoms with Crippen LogP contribution in [0, 0.1) is 20.8 Å². The first-order valence-corrected chi connectivity index (χ1v) is 7.89. The first-order valence-electron chi connectivity index (χ1n) is 7.89. The smallest absolute Gasteiger partial charge is 0.410 e. The van der Waals surface area contributed by atoms with Crippen molar-refractivity contribution in [3.8, 4) is 0 Å². The van der Waals surface area contributed by atoms with Crippen LogP contribution in [-0.4, -0.2) is 35.5 Å². The normalized spacial score (nSPS) is 14.1. The number of aldehydes is 1. The summed E-state index contributed by atoms with van der Waals surface area (Å²) in [5.41, 5.74) is 3.01. The van der Waals surface area contributed by atoms with Crippen LogP contribution >= 0.6 is 0 Å². The maximum atomic E-state index is 12.3. The molecule has 128 valence electrons. The van der Waals surface area contributed by atoms with Gasteiger partial charge in [0.1, 0.15) is 17.4 Å². The minimum absolute atomic E-state index is 0.462. The highest BCUT2D eigenvalue weighted by atomic mass is 16.6. The number of rotatable bonds is 4. The molecule has 23 heavy (non-hydrogen) atoms. The number of nitrogens with zero attached hydrogens (tertiary/aromatic N) is 1. The van der Waals surface area contributed by atoms with E-state index in [1.54, 1.807) is 14.0 Å². The highest BCUT2D eigenvalue weighted by Gasteiger charge is 2.36. The fourth-order valence-electron chi connectivity index (χ4n) is 2.62. The van der Waals surface area contributed by atoms with Gasteiger partial charge in [-0.2, -0.15) is 0 Å². The molecular formula is C19H29NO3. The molecule has 4 heteroatoms. The summed E-state index contributed by atoms with van der Waals surface area (Å²) in [4.78, 5) is 25.5. The zero-order valence-corrected chi connectivity index (χ0v) is 15.6. The number of amides is 1. The maximum absolute atomic E-state index is 12.3. The minimum Gasteiger partial charge on any atom is -0.444 e. The number of benzene rings is 1. The second kappa shape index (κ2) is 6.73. The summed E-state index contributed by atoms with van der Waals surface area (Å²) in [5.74, 6) is 0. The molecule has 0 aliphatic heterocycles. The quantitative estimate of drug-likeness (QED) is 0.789. The third kappa shape index (κ3) is 4.81. The van der Waals surface area contributed by atoms with E-state index >= 15 is 0 Å². The lowest BCUT2D eigenvalue weighted by atomic mass is 9.87. The zero-order valence-electron chi connectivity index (χ0n) is 15.6. The van der Waals surface area contributed by atoms with Crippen molar-refractivity contribution in [3.05, 3.63) is 34.4 Å². The minimum atomic E-state index is -0.951. The Kier molecular flexibility index (Phi) is 5.62. The summed E-state index contributed by atoms with van der Waals surface area (Å²) < 4.78 is 5.39. The molecule has 1 aromatic rings. The second-order valence-corrected chi connectivity index (χ2v) is 7.57. The zero-order chi connectivity index (χ0) is 18.0. The van der Waals surface area contributed by atoms with Gasteiger partial charge in [0.05, 0.1) is 0 Å². The van der Waals surface area contributed by atoms with Gasteiger partial charge in [0.15, 0.2) is 0 Å². The van der Waals surface area contributed by atoms with Crippen LogP contribution in [0.3, 0.4) is 0 Å². The third-order valence-corrected chi connectivity index (χ3v) is 4.06. The maximum Gasteiger partial charge on any atom is 0.410 e. The lowest BCUT2D eigenvalue weighted by Crippen LogP contribution is -2.51. The average molecular weight is 319 g/mol. The Hall–Kier alpha value is -1.84. The van der Waals surface area contributed by atoms with Crippen molar-refractivity contribution in [2.24, 2.45) is 0 Å². The van der Waals surface area contributed by atoms with Crippen molar-refractivity contribution in [2.75, 3.05) is 7.05 Å². The number of hydrogen-bond acceptors (Lipinski definition) is 3. The largest absolute Gasteiger partial charge is 0.444 e. The summed E-state index contributed by atoms with van der Waals surface area (Å²) in [6, 6.07) is 4.20. The second-order valence-electron chi connectivity index (χ2n) is 7.57.